The van der Waals surface area contributed by atoms with E-state index in [1.807, 2.05) is 42.5 Å². The lowest BCUT2D eigenvalue weighted by molar-refractivity contribution is 0.0355. The van der Waals surface area contributed by atoms with Gasteiger partial charge in [-0.2, -0.15) is 0 Å². The van der Waals surface area contributed by atoms with Gasteiger partial charge in [0.2, 0.25) is 0 Å². The molecule has 4 rings (SSSR count). The van der Waals surface area contributed by atoms with Crippen LogP contribution >= 0.6 is 0 Å². The average Bonchev–Trinajstić information content (AvgIpc) is 3.20. The first kappa shape index (κ1) is 15.8. The number of nitrogens with zero attached hydrogens (tertiary/aromatic N) is 1. The molecule has 3 nitrogen and oxygen atoms in total. The molecule has 1 aliphatic carbocycles. The molecule has 126 valence electrons. The molecule has 2 N–H and O–H groups in total. The topological polar surface area (TPSA) is 43.7 Å². The molecule has 2 aliphatic rings. The summed E-state index contributed by atoms with van der Waals surface area (Å²) in [6.45, 7) is 1.02. The maximum absolute atomic E-state index is 10.8. The minimum atomic E-state index is -0.433. The van der Waals surface area contributed by atoms with E-state index in [1.165, 1.54) is 5.56 Å². The number of rotatable bonds is 4. The molecule has 1 heterocycles. The van der Waals surface area contributed by atoms with Crippen molar-refractivity contribution in [2.24, 2.45) is 0 Å². The smallest absolute Gasteiger partial charge is 0.0951 e. The molecule has 0 amide bonds. The number of hydrogen-bond acceptors (Lipinski definition) is 3. The van der Waals surface area contributed by atoms with E-state index in [0.29, 0.717) is 6.04 Å². The Hall–Kier alpha value is -1.68. The lowest BCUT2D eigenvalue weighted by Crippen LogP contribution is -2.42. The molecule has 1 aliphatic heterocycles. The zero-order valence-electron chi connectivity index (χ0n) is 13.9. The Morgan fingerprint density at radius 3 is 2.58 bits per heavy atom. The standard InChI is InChI=1S/C21H25NO2/c23-20(15-7-2-1-3-8-15)14-17-10-6-12-22(17)19-13-16-9-4-5-11-18(16)21(19)24/h1-5,7-9,11,17,19-21,23-24H,6,10,12-14H2. The number of aliphatic hydroxyl groups is 2. The molecule has 2 aromatic carbocycles. The van der Waals surface area contributed by atoms with Crippen molar-refractivity contribution in [3.63, 3.8) is 0 Å². The van der Waals surface area contributed by atoms with Gasteiger partial charge in [-0.1, -0.05) is 54.6 Å². The van der Waals surface area contributed by atoms with Gasteiger partial charge in [0, 0.05) is 12.1 Å². The fourth-order valence-electron chi connectivity index (χ4n) is 4.47. The molecule has 0 radical (unpaired) electrons. The minimum Gasteiger partial charge on any atom is -0.388 e. The maximum Gasteiger partial charge on any atom is 0.0951 e. The Balaban J connectivity index is 1.48. The molecule has 0 saturated carbocycles. The Bertz CT molecular complexity index is 687. The van der Waals surface area contributed by atoms with Crippen molar-refractivity contribution >= 4 is 0 Å². The molecule has 0 aromatic heterocycles. The zero-order chi connectivity index (χ0) is 16.5. The Morgan fingerprint density at radius 1 is 1.04 bits per heavy atom. The molecule has 3 heteroatoms. The van der Waals surface area contributed by atoms with Gasteiger partial charge in [-0.05, 0) is 48.9 Å². The number of aliphatic hydroxyl groups excluding tert-OH is 2. The van der Waals surface area contributed by atoms with Crippen molar-refractivity contribution in [3.8, 4) is 0 Å². The second kappa shape index (κ2) is 6.67. The van der Waals surface area contributed by atoms with Crippen LogP contribution in [-0.2, 0) is 6.42 Å². The van der Waals surface area contributed by atoms with E-state index in [4.69, 9.17) is 0 Å². The van der Waals surface area contributed by atoms with Gasteiger partial charge in [0.1, 0.15) is 0 Å². The highest BCUT2D eigenvalue weighted by molar-refractivity contribution is 5.36. The molecular formula is C21H25NO2. The van der Waals surface area contributed by atoms with Crippen LogP contribution in [0.1, 0.15) is 48.2 Å². The van der Waals surface area contributed by atoms with Crippen molar-refractivity contribution in [2.45, 2.75) is 50.0 Å². The fourth-order valence-corrected chi connectivity index (χ4v) is 4.47. The molecule has 2 aromatic rings. The Morgan fingerprint density at radius 2 is 1.79 bits per heavy atom. The molecule has 0 bridgehead atoms. The lowest BCUT2D eigenvalue weighted by atomic mass is 9.99. The van der Waals surface area contributed by atoms with Gasteiger partial charge in [0.25, 0.3) is 0 Å². The van der Waals surface area contributed by atoms with Gasteiger partial charge >= 0.3 is 0 Å². The van der Waals surface area contributed by atoms with Crippen LogP contribution in [0.25, 0.3) is 0 Å². The molecule has 1 fully saturated rings. The van der Waals surface area contributed by atoms with Crippen LogP contribution in [0, 0.1) is 0 Å². The van der Waals surface area contributed by atoms with Crippen LogP contribution in [-0.4, -0.2) is 33.7 Å². The fraction of sp³-hybridized carbons (Fsp3) is 0.429. The lowest BCUT2D eigenvalue weighted by Gasteiger charge is -2.33. The van der Waals surface area contributed by atoms with E-state index < -0.39 is 12.2 Å². The van der Waals surface area contributed by atoms with Crippen LogP contribution < -0.4 is 0 Å². The first-order valence-electron chi connectivity index (χ1n) is 8.98. The van der Waals surface area contributed by atoms with Crippen LogP contribution in [0.15, 0.2) is 54.6 Å². The molecule has 0 spiro atoms. The summed E-state index contributed by atoms with van der Waals surface area (Å²) in [7, 11) is 0. The van der Waals surface area contributed by atoms with E-state index in [0.717, 1.165) is 43.4 Å². The van der Waals surface area contributed by atoms with Crippen molar-refractivity contribution in [1.82, 2.24) is 4.90 Å². The summed E-state index contributed by atoms with van der Waals surface area (Å²) in [6, 6.07) is 18.6. The first-order chi connectivity index (χ1) is 11.7. The van der Waals surface area contributed by atoms with Crippen molar-refractivity contribution in [3.05, 3.63) is 71.3 Å². The van der Waals surface area contributed by atoms with Gasteiger partial charge in [-0.3, -0.25) is 4.90 Å². The van der Waals surface area contributed by atoms with E-state index in [9.17, 15) is 10.2 Å². The van der Waals surface area contributed by atoms with Gasteiger partial charge < -0.3 is 10.2 Å². The highest BCUT2D eigenvalue weighted by Crippen LogP contribution is 2.39. The molecule has 4 atom stereocenters. The van der Waals surface area contributed by atoms with Crippen molar-refractivity contribution in [2.75, 3.05) is 6.54 Å². The second-order valence-electron chi connectivity index (χ2n) is 7.11. The number of likely N-dealkylation sites (tertiary alicyclic amines) is 1. The third-order valence-electron chi connectivity index (χ3n) is 5.70. The molecule has 4 unspecified atom stereocenters. The van der Waals surface area contributed by atoms with E-state index in [1.54, 1.807) is 0 Å². The number of fused-ring (bicyclic) bond motifs is 1. The van der Waals surface area contributed by atoms with E-state index >= 15 is 0 Å². The van der Waals surface area contributed by atoms with Crippen molar-refractivity contribution in [1.29, 1.82) is 0 Å². The average molecular weight is 323 g/mol. The summed E-state index contributed by atoms with van der Waals surface area (Å²) >= 11 is 0. The van der Waals surface area contributed by atoms with E-state index in [2.05, 4.69) is 17.0 Å². The number of hydrogen-bond donors (Lipinski definition) is 2. The maximum atomic E-state index is 10.8. The summed E-state index contributed by atoms with van der Waals surface area (Å²) in [4.78, 5) is 2.44. The third-order valence-corrected chi connectivity index (χ3v) is 5.70. The van der Waals surface area contributed by atoms with Gasteiger partial charge in [0.15, 0.2) is 0 Å². The summed E-state index contributed by atoms with van der Waals surface area (Å²) in [5.74, 6) is 0. The quantitative estimate of drug-likeness (QED) is 0.908. The summed E-state index contributed by atoms with van der Waals surface area (Å²) in [5, 5.41) is 21.4. The molecule has 24 heavy (non-hydrogen) atoms. The summed E-state index contributed by atoms with van der Waals surface area (Å²) < 4.78 is 0. The summed E-state index contributed by atoms with van der Waals surface area (Å²) in [5.41, 5.74) is 3.33. The van der Waals surface area contributed by atoms with Crippen LogP contribution in [0.2, 0.25) is 0 Å². The monoisotopic (exact) mass is 323 g/mol. The first-order valence-corrected chi connectivity index (χ1v) is 8.98. The van der Waals surface area contributed by atoms with Crippen LogP contribution in [0.5, 0.6) is 0 Å². The van der Waals surface area contributed by atoms with Gasteiger partial charge in [0.05, 0.1) is 12.2 Å². The normalized spacial score (nSPS) is 28.0. The minimum absolute atomic E-state index is 0.151. The van der Waals surface area contributed by atoms with Crippen molar-refractivity contribution < 1.29 is 10.2 Å². The predicted molar refractivity (Wildman–Crippen MR) is 94.6 cm³/mol. The van der Waals surface area contributed by atoms with E-state index in [-0.39, 0.29) is 6.04 Å². The predicted octanol–water partition coefficient (Wildman–Crippen LogP) is 3.23. The highest BCUT2D eigenvalue weighted by Gasteiger charge is 2.40. The number of benzene rings is 2. The highest BCUT2D eigenvalue weighted by atomic mass is 16.3. The SMILES string of the molecule is OC(CC1CCCN1C1Cc2ccccc2C1O)c1ccccc1. The molecular weight excluding hydrogens is 298 g/mol. The van der Waals surface area contributed by atoms with Gasteiger partial charge in [-0.15, -0.1) is 0 Å². The Kier molecular flexibility index (Phi) is 4.40. The largest absolute Gasteiger partial charge is 0.388 e. The molecule has 1 saturated heterocycles. The van der Waals surface area contributed by atoms with Crippen LogP contribution in [0.4, 0.5) is 0 Å². The summed E-state index contributed by atoms with van der Waals surface area (Å²) in [6.07, 6.45) is 3.06. The van der Waals surface area contributed by atoms with Gasteiger partial charge in [-0.25, -0.2) is 0 Å². The van der Waals surface area contributed by atoms with Crippen LogP contribution in [0.3, 0.4) is 0 Å². The third kappa shape index (κ3) is 2.88. The second-order valence-corrected chi connectivity index (χ2v) is 7.11. The Labute approximate surface area is 143 Å². The zero-order valence-corrected chi connectivity index (χ0v) is 13.9.